The number of H-pyrrole nitrogens is 1. The van der Waals surface area contributed by atoms with Crippen LogP contribution in [0.5, 0.6) is 11.5 Å². The molecule has 0 spiro atoms. The van der Waals surface area contributed by atoms with E-state index in [0.717, 1.165) is 5.69 Å². The second-order valence-corrected chi connectivity index (χ2v) is 3.88. The van der Waals surface area contributed by atoms with Crippen LogP contribution in [0.4, 0.5) is 0 Å². The lowest BCUT2D eigenvalue weighted by atomic mass is 10.2. The van der Waals surface area contributed by atoms with E-state index in [4.69, 9.17) is 5.11 Å². The van der Waals surface area contributed by atoms with Gasteiger partial charge in [0.2, 0.25) is 0 Å². The first-order valence-electron chi connectivity index (χ1n) is 5.43. The van der Waals surface area contributed by atoms with Gasteiger partial charge in [0.1, 0.15) is 0 Å². The predicted octanol–water partition coefficient (Wildman–Crippen LogP) is 0.893. The van der Waals surface area contributed by atoms with Gasteiger partial charge in [0.25, 0.3) is 5.91 Å². The molecular weight excluding hydrogens is 248 g/mol. The van der Waals surface area contributed by atoms with Gasteiger partial charge in [-0.2, -0.15) is 10.2 Å². The van der Waals surface area contributed by atoms with Crippen molar-refractivity contribution in [3.63, 3.8) is 0 Å². The van der Waals surface area contributed by atoms with Crippen molar-refractivity contribution in [2.24, 2.45) is 5.10 Å². The van der Waals surface area contributed by atoms with Crippen molar-refractivity contribution in [2.75, 3.05) is 0 Å². The Bertz CT molecular complexity index is 634. The van der Waals surface area contributed by atoms with Gasteiger partial charge in [-0.25, -0.2) is 5.43 Å². The molecule has 2 rings (SSSR count). The van der Waals surface area contributed by atoms with Gasteiger partial charge in [-0.1, -0.05) is 0 Å². The maximum atomic E-state index is 11.6. The van der Waals surface area contributed by atoms with Gasteiger partial charge in [-0.3, -0.25) is 9.89 Å². The molecule has 1 aromatic heterocycles. The highest BCUT2D eigenvalue weighted by molar-refractivity contribution is 5.93. The Labute approximate surface area is 108 Å². The van der Waals surface area contributed by atoms with Crippen LogP contribution in [0.2, 0.25) is 0 Å². The summed E-state index contributed by atoms with van der Waals surface area (Å²) in [6.07, 6.45) is 1.34. The number of nitrogens with one attached hydrogen (secondary N) is 2. The minimum absolute atomic E-state index is 0.215. The van der Waals surface area contributed by atoms with Crippen LogP contribution in [0.3, 0.4) is 0 Å². The minimum atomic E-state index is -0.441. The molecule has 7 heteroatoms. The molecule has 0 bridgehead atoms. The number of carbonyl (C=O) groups excluding carboxylic acids is 1. The summed E-state index contributed by atoms with van der Waals surface area (Å²) in [6.45, 7) is 1.78. The molecule has 0 aliphatic carbocycles. The largest absolute Gasteiger partial charge is 0.504 e. The number of amides is 1. The number of aromatic amines is 1. The number of phenols is 2. The second-order valence-electron chi connectivity index (χ2n) is 3.88. The van der Waals surface area contributed by atoms with Gasteiger partial charge in [-0.05, 0) is 36.8 Å². The number of hydrogen-bond acceptors (Lipinski definition) is 5. The first kappa shape index (κ1) is 12.6. The van der Waals surface area contributed by atoms with Crippen LogP contribution < -0.4 is 5.43 Å². The van der Waals surface area contributed by atoms with E-state index in [0.29, 0.717) is 5.56 Å². The summed E-state index contributed by atoms with van der Waals surface area (Å²) in [4.78, 5) is 11.6. The lowest BCUT2D eigenvalue weighted by Gasteiger charge is -1.98. The van der Waals surface area contributed by atoms with E-state index in [1.807, 2.05) is 0 Å². The summed E-state index contributed by atoms with van der Waals surface area (Å²) < 4.78 is 0. The summed E-state index contributed by atoms with van der Waals surface area (Å²) in [5.41, 5.74) is 3.85. The Kier molecular flexibility index (Phi) is 3.46. The molecule has 0 aliphatic heterocycles. The van der Waals surface area contributed by atoms with Crippen LogP contribution in [0.15, 0.2) is 29.4 Å². The highest BCUT2D eigenvalue weighted by atomic mass is 16.3. The average molecular weight is 260 g/mol. The molecule has 0 radical (unpaired) electrons. The van der Waals surface area contributed by atoms with Crippen LogP contribution in [-0.2, 0) is 0 Å². The lowest BCUT2D eigenvalue weighted by molar-refractivity contribution is 0.0950. The Morgan fingerprint density at radius 3 is 2.79 bits per heavy atom. The van der Waals surface area contributed by atoms with Crippen molar-refractivity contribution < 1.29 is 15.0 Å². The normalized spacial score (nSPS) is 10.8. The zero-order valence-electron chi connectivity index (χ0n) is 10.1. The smallest absolute Gasteiger partial charge is 0.291 e. The minimum Gasteiger partial charge on any atom is -0.504 e. The molecular formula is C12H12N4O3. The third kappa shape index (κ3) is 3.09. The van der Waals surface area contributed by atoms with Gasteiger partial charge in [-0.15, -0.1) is 0 Å². The summed E-state index contributed by atoms with van der Waals surface area (Å²) in [5.74, 6) is -0.907. The second kappa shape index (κ2) is 5.21. The van der Waals surface area contributed by atoms with Gasteiger partial charge in [0.15, 0.2) is 17.2 Å². The standard InChI is InChI=1S/C12H12N4O3/c1-7-4-9(15-14-7)12(19)16-13-6-8-2-3-10(17)11(18)5-8/h2-6,17-18H,1H3,(H,14,15)(H,16,19)/b13-6-. The predicted molar refractivity (Wildman–Crippen MR) is 68.2 cm³/mol. The number of aryl methyl sites for hydroxylation is 1. The summed E-state index contributed by atoms with van der Waals surface area (Å²) in [6, 6.07) is 5.79. The number of rotatable bonds is 3. The Morgan fingerprint density at radius 1 is 1.37 bits per heavy atom. The van der Waals surface area contributed by atoms with Crippen molar-refractivity contribution in [1.29, 1.82) is 0 Å². The number of hydrogen-bond donors (Lipinski definition) is 4. The van der Waals surface area contributed by atoms with Crippen molar-refractivity contribution in [3.8, 4) is 11.5 Å². The maximum Gasteiger partial charge on any atom is 0.291 e. The molecule has 2 aromatic rings. The fourth-order valence-electron chi connectivity index (χ4n) is 1.38. The molecule has 7 nitrogen and oxygen atoms in total. The summed E-state index contributed by atoms with van der Waals surface area (Å²) in [7, 11) is 0. The number of carbonyl (C=O) groups is 1. The molecule has 98 valence electrons. The van der Waals surface area contributed by atoms with E-state index in [-0.39, 0.29) is 17.2 Å². The molecule has 4 N–H and O–H groups in total. The van der Waals surface area contributed by atoms with Gasteiger partial charge in [0.05, 0.1) is 6.21 Å². The highest BCUT2D eigenvalue weighted by Gasteiger charge is 2.07. The molecule has 0 fully saturated rings. The number of aromatic nitrogens is 2. The first-order chi connectivity index (χ1) is 9.06. The van der Waals surface area contributed by atoms with Crippen molar-refractivity contribution in [1.82, 2.24) is 15.6 Å². The molecule has 0 saturated heterocycles. The number of nitrogens with zero attached hydrogens (tertiary/aromatic N) is 2. The number of hydrazone groups is 1. The Morgan fingerprint density at radius 2 is 2.16 bits per heavy atom. The number of phenolic OH excluding ortho intramolecular Hbond substituents is 2. The van der Waals surface area contributed by atoms with E-state index in [1.54, 1.807) is 19.1 Å². The molecule has 0 saturated carbocycles. The zero-order chi connectivity index (χ0) is 13.8. The summed E-state index contributed by atoms with van der Waals surface area (Å²) in [5, 5.41) is 28.6. The molecule has 1 heterocycles. The molecule has 0 atom stereocenters. The zero-order valence-corrected chi connectivity index (χ0v) is 10.1. The van der Waals surface area contributed by atoms with E-state index >= 15 is 0 Å². The number of aromatic hydroxyl groups is 2. The van der Waals surface area contributed by atoms with Gasteiger partial charge < -0.3 is 10.2 Å². The van der Waals surface area contributed by atoms with Crippen LogP contribution in [0, 0.1) is 6.92 Å². The van der Waals surface area contributed by atoms with E-state index < -0.39 is 5.91 Å². The van der Waals surface area contributed by atoms with Gasteiger partial charge in [0, 0.05) is 5.69 Å². The summed E-state index contributed by atoms with van der Waals surface area (Å²) >= 11 is 0. The molecule has 0 aliphatic rings. The van der Waals surface area contributed by atoms with Crippen molar-refractivity contribution >= 4 is 12.1 Å². The Balaban J connectivity index is 2.00. The fourth-order valence-corrected chi connectivity index (χ4v) is 1.38. The monoisotopic (exact) mass is 260 g/mol. The average Bonchev–Trinajstić information content (AvgIpc) is 2.80. The van der Waals surface area contributed by atoms with Crippen LogP contribution >= 0.6 is 0 Å². The van der Waals surface area contributed by atoms with Crippen molar-refractivity contribution in [2.45, 2.75) is 6.92 Å². The van der Waals surface area contributed by atoms with Crippen LogP contribution in [0.1, 0.15) is 21.7 Å². The molecule has 19 heavy (non-hydrogen) atoms. The third-order valence-electron chi connectivity index (χ3n) is 2.32. The van der Waals surface area contributed by atoms with Crippen LogP contribution in [-0.4, -0.2) is 32.5 Å². The third-order valence-corrected chi connectivity index (χ3v) is 2.32. The molecule has 1 amide bonds. The van der Waals surface area contributed by atoms with Crippen molar-refractivity contribution in [3.05, 3.63) is 41.2 Å². The lowest BCUT2D eigenvalue weighted by Crippen LogP contribution is -2.17. The topological polar surface area (TPSA) is 111 Å². The quantitative estimate of drug-likeness (QED) is 0.373. The molecule has 0 unspecified atom stereocenters. The fraction of sp³-hybridized carbons (Fsp3) is 0.0833. The SMILES string of the molecule is Cc1cc(C(=O)N/N=C\c2ccc(O)c(O)c2)n[nH]1. The first-order valence-corrected chi connectivity index (χ1v) is 5.43. The maximum absolute atomic E-state index is 11.6. The van der Waals surface area contributed by atoms with Gasteiger partial charge >= 0.3 is 0 Å². The Hall–Kier alpha value is -2.83. The van der Waals surface area contributed by atoms with Crippen LogP contribution in [0.25, 0.3) is 0 Å². The highest BCUT2D eigenvalue weighted by Crippen LogP contribution is 2.23. The number of benzene rings is 1. The molecule has 1 aromatic carbocycles. The van der Waals surface area contributed by atoms with E-state index in [2.05, 4.69) is 20.7 Å². The van der Waals surface area contributed by atoms with E-state index in [1.165, 1.54) is 18.3 Å². The van der Waals surface area contributed by atoms with E-state index in [9.17, 15) is 9.90 Å².